The van der Waals surface area contributed by atoms with Crippen LogP contribution >= 0.6 is 12.6 Å². The highest BCUT2D eigenvalue weighted by molar-refractivity contribution is 7.80. The highest BCUT2D eigenvalue weighted by Crippen LogP contribution is 2.05. The SMILES string of the molecule is NC(Cc1ccccc1)C(=O)NC(CS)C(=O)NC(Cc1cnc[nH]1)C(=O)NC(CC(=O)O)C(=O)O. The number of carboxylic acids is 2. The summed E-state index contributed by atoms with van der Waals surface area (Å²) in [6, 6.07) is 3.92. The fraction of sp³-hybridized carbons (Fsp3) is 0.364. The summed E-state index contributed by atoms with van der Waals surface area (Å²) in [4.78, 5) is 67.2. The number of thiol groups is 1. The topological polar surface area (TPSA) is 217 Å². The number of hydrogen-bond donors (Lipinski definition) is 8. The smallest absolute Gasteiger partial charge is 0.326 e. The molecule has 2 aromatic rings. The Morgan fingerprint density at radius 3 is 2.08 bits per heavy atom. The lowest BCUT2D eigenvalue weighted by atomic mass is 10.1. The summed E-state index contributed by atoms with van der Waals surface area (Å²) in [5.74, 6) is -5.40. The van der Waals surface area contributed by atoms with E-state index in [1.807, 2.05) is 18.2 Å². The molecule has 0 saturated carbocycles. The zero-order valence-electron chi connectivity index (χ0n) is 19.1. The molecule has 0 bridgehead atoms. The van der Waals surface area contributed by atoms with Crippen LogP contribution < -0.4 is 21.7 Å². The summed E-state index contributed by atoms with van der Waals surface area (Å²) in [5, 5.41) is 25.2. The van der Waals surface area contributed by atoms with Gasteiger partial charge in [-0.1, -0.05) is 30.3 Å². The Bertz CT molecular complexity index is 1050. The van der Waals surface area contributed by atoms with Crippen molar-refractivity contribution in [2.45, 2.75) is 43.4 Å². The second-order valence-corrected chi connectivity index (χ2v) is 8.24. The number of carboxylic acid groups (broad SMARTS) is 2. The molecular formula is C22H28N6O7S. The standard InChI is InChI=1S/C22H28N6O7S/c23-14(6-12-4-2-1-3-5-12)19(31)28-17(10-36)21(33)26-15(7-13-9-24-11-25-13)20(32)27-16(22(34)35)8-18(29)30/h1-5,9,11,14-17,36H,6-8,10,23H2,(H,24,25)(H,26,33)(H,27,32)(H,28,31)(H,29,30)(H,34,35). The zero-order valence-corrected chi connectivity index (χ0v) is 20.0. The highest BCUT2D eigenvalue weighted by atomic mass is 32.1. The van der Waals surface area contributed by atoms with E-state index in [2.05, 4.69) is 38.5 Å². The van der Waals surface area contributed by atoms with E-state index in [1.54, 1.807) is 12.1 Å². The summed E-state index contributed by atoms with van der Waals surface area (Å²) < 4.78 is 0. The number of nitrogens with one attached hydrogen (secondary N) is 4. The van der Waals surface area contributed by atoms with Crippen LogP contribution in [0.25, 0.3) is 0 Å². The molecule has 3 amide bonds. The molecule has 2 rings (SSSR count). The molecule has 8 N–H and O–H groups in total. The van der Waals surface area contributed by atoms with Crippen molar-refractivity contribution < 1.29 is 34.2 Å². The predicted molar refractivity (Wildman–Crippen MR) is 130 cm³/mol. The van der Waals surface area contributed by atoms with Gasteiger partial charge in [0, 0.05) is 24.1 Å². The van der Waals surface area contributed by atoms with Gasteiger partial charge < -0.3 is 36.9 Å². The van der Waals surface area contributed by atoms with Crippen molar-refractivity contribution >= 4 is 42.3 Å². The number of imidazole rings is 1. The van der Waals surface area contributed by atoms with Crippen LogP contribution in [0.4, 0.5) is 0 Å². The minimum Gasteiger partial charge on any atom is -0.481 e. The van der Waals surface area contributed by atoms with Gasteiger partial charge in [0.05, 0.1) is 18.8 Å². The number of carbonyl (C=O) groups is 5. The van der Waals surface area contributed by atoms with E-state index in [4.69, 9.17) is 10.8 Å². The molecule has 0 aliphatic carbocycles. The van der Waals surface area contributed by atoms with Gasteiger partial charge in [-0.2, -0.15) is 12.6 Å². The first-order chi connectivity index (χ1) is 17.1. The first kappa shape index (κ1) is 28.3. The first-order valence-corrected chi connectivity index (χ1v) is 11.5. The maximum atomic E-state index is 12.9. The first-order valence-electron chi connectivity index (χ1n) is 10.8. The van der Waals surface area contributed by atoms with E-state index in [-0.39, 0.29) is 18.6 Å². The van der Waals surface area contributed by atoms with Gasteiger partial charge in [-0.3, -0.25) is 19.2 Å². The van der Waals surface area contributed by atoms with Gasteiger partial charge in [0.15, 0.2) is 0 Å². The van der Waals surface area contributed by atoms with Gasteiger partial charge in [-0.05, 0) is 12.0 Å². The Labute approximate surface area is 211 Å². The minimum absolute atomic E-state index is 0.113. The largest absolute Gasteiger partial charge is 0.481 e. The molecule has 0 saturated heterocycles. The van der Waals surface area contributed by atoms with E-state index >= 15 is 0 Å². The van der Waals surface area contributed by atoms with Crippen molar-refractivity contribution in [3.63, 3.8) is 0 Å². The molecule has 0 aliphatic heterocycles. The fourth-order valence-electron chi connectivity index (χ4n) is 3.18. The maximum Gasteiger partial charge on any atom is 0.326 e. The van der Waals surface area contributed by atoms with Crippen molar-refractivity contribution in [3.05, 3.63) is 54.1 Å². The Morgan fingerprint density at radius 2 is 1.53 bits per heavy atom. The fourth-order valence-corrected chi connectivity index (χ4v) is 3.44. The summed E-state index contributed by atoms with van der Waals surface area (Å²) in [7, 11) is 0. The average molecular weight is 521 g/mol. The molecule has 194 valence electrons. The van der Waals surface area contributed by atoms with Gasteiger partial charge >= 0.3 is 11.9 Å². The summed E-state index contributed by atoms with van der Waals surface area (Å²) in [6.45, 7) is 0. The number of aliphatic carboxylic acids is 2. The van der Waals surface area contributed by atoms with Crippen LogP contribution in [0.3, 0.4) is 0 Å². The van der Waals surface area contributed by atoms with Crippen molar-refractivity contribution in [2.75, 3.05) is 5.75 Å². The molecule has 36 heavy (non-hydrogen) atoms. The quantitative estimate of drug-likeness (QED) is 0.135. The van der Waals surface area contributed by atoms with Gasteiger partial charge in [-0.15, -0.1) is 0 Å². The van der Waals surface area contributed by atoms with Crippen LogP contribution in [0, 0.1) is 0 Å². The van der Waals surface area contributed by atoms with Crippen molar-refractivity contribution in [3.8, 4) is 0 Å². The third kappa shape index (κ3) is 9.03. The minimum atomic E-state index is -1.72. The van der Waals surface area contributed by atoms with Gasteiger partial charge in [0.2, 0.25) is 17.7 Å². The molecular weight excluding hydrogens is 492 g/mol. The number of H-pyrrole nitrogens is 1. The molecule has 4 atom stereocenters. The third-order valence-corrected chi connectivity index (χ3v) is 5.42. The molecule has 1 heterocycles. The van der Waals surface area contributed by atoms with E-state index in [9.17, 15) is 29.1 Å². The lowest BCUT2D eigenvalue weighted by molar-refractivity contribution is -0.147. The number of aromatic amines is 1. The lowest BCUT2D eigenvalue weighted by Gasteiger charge is -2.24. The molecule has 4 unspecified atom stereocenters. The number of nitrogens with zero attached hydrogens (tertiary/aromatic N) is 1. The molecule has 0 aliphatic rings. The van der Waals surface area contributed by atoms with Crippen LogP contribution in [0.15, 0.2) is 42.9 Å². The van der Waals surface area contributed by atoms with E-state index in [0.717, 1.165) is 5.56 Å². The predicted octanol–water partition coefficient (Wildman–Crippen LogP) is -1.53. The lowest BCUT2D eigenvalue weighted by Crippen LogP contribution is -2.58. The van der Waals surface area contributed by atoms with Crippen molar-refractivity contribution in [2.24, 2.45) is 5.73 Å². The van der Waals surface area contributed by atoms with E-state index in [0.29, 0.717) is 5.69 Å². The van der Waals surface area contributed by atoms with Crippen LogP contribution in [0.2, 0.25) is 0 Å². The van der Waals surface area contributed by atoms with Gasteiger partial charge in [-0.25, -0.2) is 9.78 Å². The van der Waals surface area contributed by atoms with Crippen molar-refractivity contribution in [1.29, 1.82) is 0 Å². The molecule has 0 radical (unpaired) electrons. The average Bonchev–Trinajstić information content (AvgIpc) is 3.34. The molecule has 1 aromatic heterocycles. The van der Waals surface area contributed by atoms with Crippen molar-refractivity contribution in [1.82, 2.24) is 25.9 Å². The molecule has 0 fully saturated rings. The second-order valence-electron chi connectivity index (χ2n) is 7.88. The number of benzene rings is 1. The van der Waals surface area contributed by atoms with Crippen LogP contribution in [-0.2, 0) is 36.8 Å². The zero-order chi connectivity index (χ0) is 26.7. The Kier molecular flexibility index (Phi) is 10.9. The van der Waals surface area contributed by atoms with Crippen LogP contribution in [-0.4, -0.2) is 79.8 Å². The third-order valence-electron chi connectivity index (χ3n) is 5.06. The summed E-state index contributed by atoms with van der Waals surface area (Å²) >= 11 is 4.10. The number of aromatic nitrogens is 2. The maximum absolute atomic E-state index is 12.9. The highest BCUT2D eigenvalue weighted by Gasteiger charge is 2.31. The number of nitrogens with two attached hydrogens (primary N) is 1. The normalized spacial score (nSPS) is 14.1. The number of rotatable bonds is 14. The Balaban J connectivity index is 2.09. The monoisotopic (exact) mass is 520 g/mol. The van der Waals surface area contributed by atoms with E-state index in [1.165, 1.54) is 12.5 Å². The molecule has 13 nitrogen and oxygen atoms in total. The Morgan fingerprint density at radius 1 is 0.917 bits per heavy atom. The molecule has 14 heteroatoms. The second kappa shape index (κ2) is 13.8. The molecule has 0 spiro atoms. The number of amides is 3. The summed E-state index contributed by atoms with van der Waals surface area (Å²) in [6.07, 6.45) is 2.01. The summed E-state index contributed by atoms with van der Waals surface area (Å²) in [5.41, 5.74) is 7.24. The van der Waals surface area contributed by atoms with Gasteiger partial charge in [0.1, 0.15) is 18.1 Å². The number of carbonyl (C=O) groups excluding carboxylic acids is 3. The van der Waals surface area contributed by atoms with Gasteiger partial charge in [0.25, 0.3) is 0 Å². The van der Waals surface area contributed by atoms with E-state index < -0.39 is 60.2 Å². The van der Waals surface area contributed by atoms with Crippen LogP contribution in [0.1, 0.15) is 17.7 Å². The molecule has 1 aromatic carbocycles. The van der Waals surface area contributed by atoms with Crippen LogP contribution in [0.5, 0.6) is 0 Å². The number of hydrogen-bond acceptors (Lipinski definition) is 8. The Hall–Kier alpha value is -3.91.